The van der Waals surface area contributed by atoms with Gasteiger partial charge in [0.25, 0.3) is 0 Å². The van der Waals surface area contributed by atoms with Gasteiger partial charge in [-0.3, -0.25) is 4.40 Å². The molecule has 0 amide bonds. The van der Waals surface area contributed by atoms with Crippen LogP contribution in [0.2, 0.25) is 0 Å². The van der Waals surface area contributed by atoms with Crippen molar-refractivity contribution in [3.8, 4) is 11.3 Å². The monoisotopic (exact) mass is 314 g/mol. The van der Waals surface area contributed by atoms with E-state index in [1.807, 2.05) is 41.7 Å². The zero-order valence-corrected chi connectivity index (χ0v) is 13.5. The van der Waals surface area contributed by atoms with Crippen molar-refractivity contribution in [2.75, 3.05) is 0 Å². The quantitative estimate of drug-likeness (QED) is 0.765. The second kappa shape index (κ2) is 5.93. The zero-order valence-electron chi connectivity index (χ0n) is 12.7. The molecule has 0 bridgehead atoms. The van der Waals surface area contributed by atoms with E-state index in [1.165, 1.54) is 4.88 Å². The number of benzene rings is 1. The number of imidazole rings is 1. The number of thiazole rings is 1. The molecule has 0 unspecified atom stereocenters. The van der Waals surface area contributed by atoms with E-state index < -0.39 is 5.97 Å². The number of nitrogens with zero attached hydrogens (tertiary/aromatic N) is 2. The van der Waals surface area contributed by atoms with Crippen LogP contribution in [0.5, 0.6) is 0 Å². The Bertz CT molecular complexity index is 818. The number of aromatic carboxylic acids is 1. The van der Waals surface area contributed by atoms with Gasteiger partial charge >= 0.3 is 5.97 Å². The summed E-state index contributed by atoms with van der Waals surface area (Å²) in [7, 11) is 0. The van der Waals surface area contributed by atoms with Crippen molar-refractivity contribution >= 4 is 22.3 Å². The average molecular weight is 314 g/mol. The molecular formula is C17H18N2O2S. The van der Waals surface area contributed by atoms with Crippen LogP contribution in [-0.2, 0) is 12.8 Å². The summed E-state index contributed by atoms with van der Waals surface area (Å²) >= 11 is 1.59. The maximum absolute atomic E-state index is 11.8. The van der Waals surface area contributed by atoms with Crippen LogP contribution in [0.4, 0.5) is 0 Å². The average Bonchev–Trinajstić information content (AvgIpc) is 3.03. The van der Waals surface area contributed by atoms with Crippen molar-refractivity contribution in [3.63, 3.8) is 0 Å². The Morgan fingerprint density at radius 2 is 2.00 bits per heavy atom. The molecule has 0 saturated heterocycles. The van der Waals surface area contributed by atoms with Gasteiger partial charge in [-0.05, 0) is 18.4 Å². The topological polar surface area (TPSA) is 54.6 Å². The Kier molecular flexibility index (Phi) is 3.98. The second-order valence-electron chi connectivity index (χ2n) is 5.17. The van der Waals surface area contributed by atoms with Crippen LogP contribution in [0.1, 0.15) is 41.3 Å². The Morgan fingerprint density at radius 3 is 2.59 bits per heavy atom. The maximum Gasteiger partial charge on any atom is 0.354 e. The van der Waals surface area contributed by atoms with Gasteiger partial charge in [0.15, 0.2) is 10.7 Å². The third-order valence-electron chi connectivity index (χ3n) is 3.68. The third-order valence-corrected chi connectivity index (χ3v) is 4.86. The van der Waals surface area contributed by atoms with E-state index in [2.05, 4.69) is 11.9 Å². The number of hydrogen-bond acceptors (Lipinski definition) is 3. The van der Waals surface area contributed by atoms with E-state index in [4.69, 9.17) is 0 Å². The van der Waals surface area contributed by atoms with Crippen LogP contribution < -0.4 is 0 Å². The van der Waals surface area contributed by atoms with Crippen LogP contribution in [-0.4, -0.2) is 20.5 Å². The minimum absolute atomic E-state index is 0.312. The van der Waals surface area contributed by atoms with Gasteiger partial charge in [0, 0.05) is 4.88 Å². The van der Waals surface area contributed by atoms with Crippen molar-refractivity contribution in [1.29, 1.82) is 0 Å². The summed E-state index contributed by atoms with van der Waals surface area (Å²) in [6, 6.07) is 9.95. The lowest BCUT2D eigenvalue weighted by atomic mass is 10.1. The highest BCUT2D eigenvalue weighted by molar-refractivity contribution is 7.17. The Balaban J connectivity index is 2.36. The van der Waals surface area contributed by atoms with Crippen LogP contribution in [0.25, 0.3) is 16.2 Å². The van der Waals surface area contributed by atoms with E-state index in [9.17, 15) is 9.90 Å². The molecule has 0 atom stereocenters. The minimum atomic E-state index is -0.909. The first kappa shape index (κ1) is 14.8. The standard InChI is InChI=1S/C17H18N2O2S/c1-3-8-12-15(16(20)21)19-14(11-9-6-5-7-10-11)13(4-2)22-17(19)18-12/h5-7,9-10H,3-4,8H2,1-2H3,(H,20,21). The van der Waals surface area contributed by atoms with Gasteiger partial charge in [-0.25, -0.2) is 9.78 Å². The van der Waals surface area contributed by atoms with E-state index in [0.717, 1.165) is 29.1 Å². The second-order valence-corrected chi connectivity index (χ2v) is 6.24. The van der Waals surface area contributed by atoms with E-state index in [-0.39, 0.29) is 0 Å². The number of carboxylic acid groups (broad SMARTS) is 1. The van der Waals surface area contributed by atoms with E-state index >= 15 is 0 Å². The summed E-state index contributed by atoms with van der Waals surface area (Å²) in [5.74, 6) is -0.909. The lowest BCUT2D eigenvalue weighted by molar-refractivity contribution is 0.0688. The van der Waals surface area contributed by atoms with Gasteiger partial charge in [0.1, 0.15) is 0 Å². The fourth-order valence-corrected chi connectivity index (χ4v) is 3.86. The van der Waals surface area contributed by atoms with E-state index in [1.54, 1.807) is 11.3 Å². The summed E-state index contributed by atoms with van der Waals surface area (Å²) in [6.45, 7) is 4.12. The minimum Gasteiger partial charge on any atom is -0.477 e. The summed E-state index contributed by atoms with van der Waals surface area (Å²) in [6.07, 6.45) is 2.43. The summed E-state index contributed by atoms with van der Waals surface area (Å²) in [5.41, 5.74) is 3.00. The molecule has 2 aromatic heterocycles. The van der Waals surface area contributed by atoms with E-state index in [0.29, 0.717) is 17.8 Å². The molecule has 0 aliphatic heterocycles. The summed E-state index contributed by atoms with van der Waals surface area (Å²) in [5, 5.41) is 9.68. The van der Waals surface area contributed by atoms with Gasteiger partial charge < -0.3 is 5.11 Å². The molecule has 3 rings (SSSR count). The highest BCUT2D eigenvalue weighted by Gasteiger charge is 2.24. The van der Waals surface area contributed by atoms with Gasteiger partial charge in [-0.2, -0.15) is 0 Å². The highest BCUT2D eigenvalue weighted by atomic mass is 32.1. The SMILES string of the molecule is CCCc1nc2sc(CC)c(-c3ccccc3)n2c1C(=O)O. The zero-order chi connectivity index (χ0) is 15.7. The Labute approximate surface area is 133 Å². The van der Waals surface area contributed by atoms with Crippen molar-refractivity contribution in [2.24, 2.45) is 0 Å². The van der Waals surface area contributed by atoms with Crippen LogP contribution in [0.15, 0.2) is 30.3 Å². The molecule has 0 aliphatic rings. The number of carboxylic acids is 1. The summed E-state index contributed by atoms with van der Waals surface area (Å²) < 4.78 is 1.83. The number of fused-ring (bicyclic) bond motifs is 1. The number of hydrogen-bond donors (Lipinski definition) is 1. The third kappa shape index (κ3) is 2.31. The molecule has 22 heavy (non-hydrogen) atoms. The molecular weight excluding hydrogens is 296 g/mol. The Morgan fingerprint density at radius 1 is 1.27 bits per heavy atom. The molecule has 0 aliphatic carbocycles. The van der Waals surface area contributed by atoms with Gasteiger partial charge in [0.2, 0.25) is 0 Å². The molecule has 1 aromatic carbocycles. The first-order chi connectivity index (χ1) is 10.7. The largest absolute Gasteiger partial charge is 0.477 e. The first-order valence-corrected chi connectivity index (χ1v) is 8.30. The van der Waals surface area contributed by atoms with Gasteiger partial charge in [-0.1, -0.05) is 50.6 Å². The number of aryl methyl sites for hydroxylation is 2. The lowest BCUT2D eigenvalue weighted by Gasteiger charge is -2.06. The van der Waals surface area contributed by atoms with Crippen molar-refractivity contribution in [3.05, 3.63) is 46.6 Å². The maximum atomic E-state index is 11.8. The summed E-state index contributed by atoms with van der Waals surface area (Å²) in [4.78, 5) is 18.3. The molecule has 3 aromatic rings. The lowest BCUT2D eigenvalue weighted by Crippen LogP contribution is -2.06. The van der Waals surface area contributed by atoms with Crippen molar-refractivity contribution < 1.29 is 9.90 Å². The number of carbonyl (C=O) groups is 1. The van der Waals surface area contributed by atoms with Gasteiger partial charge in [-0.15, -0.1) is 11.3 Å². The normalized spacial score (nSPS) is 11.2. The predicted octanol–water partition coefficient (Wildman–Crippen LogP) is 4.28. The molecule has 4 nitrogen and oxygen atoms in total. The molecule has 0 spiro atoms. The molecule has 1 N–H and O–H groups in total. The molecule has 0 saturated carbocycles. The van der Waals surface area contributed by atoms with Crippen molar-refractivity contribution in [1.82, 2.24) is 9.38 Å². The fraction of sp³-hybridized carbons (Fsp3) is 0.294. The van der Waals surface area contributed by atoms with Crippen LogP contribution >= 0.6 is 11.3 Å². The predicted molar refractivity (Wildman–Crippen MR) is 88.8 cm³/mol. The highest BCUT2D eigenvalue weighted by Crippen LogP contribution is 2.34. The van der Waals surface area contributed by atoms with Gasteiger partial charge in [0.05, 0.1) is 11.4 Å². The molecule has 5 heteroatoms. The number of rotatable bonds is 5. The van der Waals surface area contributed by atoms with Crippen LogP contribution in [0.3, 0.4) is 0 Å². The fourth-order valence-electron chi connectivity index (χ4n) is 2.76. The molecule has 114 valence electrons. The van der Waals surface area contributed by atoms with Crippen molar-refractivity contribution in [2.45, 2.75) is 33.1 Å². The Hall–Kier alpha value is -2.14. The number of aromatic nitrogens is 2. The smallest absolute Gasteiger partial charge is 0.354 e. The molecule has 2 heterocycles. The molecule has 0 radical (unpaired) electrons. The molecule has 0 fully saturated rings. The van der Waals surface area contributed by atoms with Crippen LogP contribution in [0, 0.1) is 0 Å². The first-order valence-electron chi connectivity index (χ1n) is 7.49.